The standard InChI is InChI=1S/C24H19ClF2N8O3/c25-15-2-4-17(33-11-29-31-32-33)21(23(15)27)12-7-13-1-3-18(35(13)20(37)8-12)24-28-9-16(30-24)14-5-6-34(38)19(10-36)22(14)26/h2,4-6,8-9,11,13,18,36,38H,1,3,7,10H2/t13-,18+/m1/s1/i10D2. The smallest absolute Gasteiger partial charge is 0.247 e. The minimum Gasteiger partial charge on any atom is -0.390 e. The van der Waals surface area contributed by atoms with E-state index in [4.69, 9.17) is 14.3 Å². The van der Waals surface area contributed by atoms with E-state index in [0.717, 1.165) is 6.20 Å². The molecule has 1 aromatic carbocycles. The first kappa shape index (κ1) is 22.0. The summed E-state index contributed by atoms with van der Waals surface area (Å²) in [5.41, 5.74) is -0.244. The number of aliphatic hydroxyl groups is 1. The van der Waals surface area contributed by atoms with Gasteiger partial charge in [0, 0.05) is 29.5 Å². The minimum absolute atomic E-state index is 0.0369. The third kappa shape index (κ3) is 3.86. The maximum absolute atomic E-state index is 15.3. The van der Waals surface area contributed by atoms with Gasteiger partial charge >= 0.3 is 0 Å². The molecule has 5 heterocycles. The molecule has 0 unspecified atom stereocenters. The van der Waals surface area contributed by atoms with Crippen LogP contribution in [0.2, 0.25) is 5.02 Å². The third-order valence-corrected chi connectivity index (χ3v) is 7.08. The van der Waals surface area contributed by atoms with Crippen LogP contribution in [-0.4, -0.2) is 77.1 Å². The average Bonchev–Trinajstić information content (AvgIpc) is 3.66. The molecule has 2 atom stereocenters. The molecule has 4 aliphatic rings. The van der Waals surface area contributed by atoms with Crippen molar-refractivity contribution < 1.29 is 26.6 Å². The molecular formula is C24H19ClF2N8O3. The van der Waals surface area contributed by atoms with Crippen molar-refractivity contribution in [3.05, 3.63) is 76.0 Å². The zero-order valence-electron chi connectivity index (χ0n) is 21.3. The maximum atomic E-state index is 15.3. The zero-order chi connectivity index (χ0) is 28.3. The lowest BCUT2D eigenvalue weighted by atomic mass is 9.92. The summed E-state index contributed by atoms with van der Waals surface area (Å²) < 4.78 is 46.5. The van der Waals surface area contributed by atoms with E-state index >= 15 is 8.78 Å². The summed E-state index contributed by atoms with van der Waals surface area (Å²) in [5, 5.41) is 30.5. The molecular weight excluding hydrogens is 522 g/mol. The number of allylic oxidation sites excluding steroid dienone is 4. The molecule has 1 saturated heterocycles. The van der Waals surface area contributed by atoms with Gasteiger partial charge in [-0.25, -0.2) is 23.8 Å². The summed E-state index contributed by atoms with van der Waals surface area (Å²) in [4.78, 5) is 23.7. The Morgan fingerprint density at radius 1 is 1.26 bits per heavy atom. The van der Waals surface area contributed by atoms with Crippen LogP contribution in [0.15, 0.2) is 69.6 Å². The number of fused-ring (bicyclic) bond motifs is 1. The highest BCUT2D eigenvalue weighted by atomic mass is 35.5. The maximum Gasteiger partial charge on any atom is 0.247 e. The number of hydrogen-bond donors (Lipinski definition) is 2. The molecule has 2 aromatic rings. The number of benzene rings is 1. The van der Waals surface area contributed by atoms with Crippen molar-refractivity contribution >= 4 is 35.1 Å². The number of tetrazole rings is 1. The predicted molar refractivity (Wildman–Crippen MR) is 131 cm³/mol. The average molecular weight is 543 g/mol. The predicted octanol–water partition coefficient (Wildman–Crippen LogP) is 2.73. The van der Waals surface area contributed by atoms with E-state index in [0.29, 0.717) is 30.5 Å². The number of aromatic nitrogens is 4. The first-order valence-corrected chi connectivity index (χ1v) is 11.8. The number of carbonyl (C=O) groups excluding carboxylic acids is 1. The second kappa shape index (κ2) is 9.35. The summed E-state index contributed by atoms with van der Waals surface area (Å²) in [5.74, 6) is -2.04. The van der Waals surface area contributed by atoms with Gasteiger partial charge in [-0.3, -0.25) is 10.0 Å². The molecule has 0 bridgehead atoms. The van der Waals surface area contributed by atoms with Crippen LogP contribution in [0.25, 0.3) is 11.3 Å². The lowest BCUT2D eigenvalue weighted by molar-refractivity contribution is -0.128. The van der Waals surface area contributed by atoms with Gasteiger partial charge in [0.2, 0.25) is 5.91 Å². The topological polar surface area (TPSA) is 132 Å². The highest BCUT2D eigenvalue weighted by Crippen LogP contribution is 2.41. The molecule has 2 N–H and O–H groups in total. The van der Waals surface area contributed by atoms with E-state index < -0.39 is 29.9 Å². The van der Waals surface area contributed by atoms with Crippen LogP contribution in [0, 0.1) is 5.82 Å². The number of hydrogen-bond acceptors (Lipinski definition) is 9. The molecule has 194 valence electrons. The van der Waals surface area contributed by atoms with E-state index in [1.807, 2.05) is 0 Å². The lowest BCUT2D eigenvalue weighted by Gasteiger charge is -2.33. The van der Waals surface area contributed by atoms with E-state index in [1.54, 1.807) is 11.0 Å². The first-order chi connectivity index (χ1) is 19.0. The quantitative estimate of drug-likeness (QED) is 0.607. The molecule has 1 amide bonds. The number of halogens is 3. The highest BCUT2D eigenvalue weighted by molar-refractivity contribution is 6.31. The first-order valence-electron chi connectivity index (χ1n) is 12.5. The molecule has 38 heavy (non-hydrogen) atoms. The van der Waals surface area contributed by atoms with Crippen molar-refractivity contribution in [2.75, 3.05) is 6.56 Å². The van der Waals surface area contributed by atoms with E-state index in [1.165, 1.54) is 35.4 Å². The summed E-state index contributed by atoms with van der Waals surface area (Å²) in [7, 11) is 0. The van der Waals surface area contributed by atoms with Gasteiger partial charge in [-0.05, 0) is 53.5 Å². The van der Waals surface area contributed by atoms with Crippen molar-refractivity contribution in [2.45, 2.75) is 31.3 Å². The molecule has 1 fully saturated rings. The Balaban J connectivity index is 1.33. The molecule has 0 spiro atoms. The zero-order valence-corrected chi connectivity index (χ0v) is 20.1. The molecule has 0 saturated carbocycles. The lowest BCUT2D eigenvalue weighted by Crippen LogP contribution is -2.45. The molecule has 0 aliphatic carbocycles. The summed E-state index contributed by atoms with van der Waals surface area (Å²) >= 11 is 6.07. The van der Waals surface area contributed by atoms with Gasteiger partial charge in [0.1, 0.15) is 12.0 Å². The Morgan fingerprint density at radius 3 is 2.87 bits per heavy atom. The Hall–Kier alpha value is -4.07. The number of rotatable bonds is 4. The molecule has 14 heteroatoms. The fourth-order valence-electron chi connectivity index (χ4n) is 5.11. The summed E-state index contributed by atoms with van der Waals surface area (Å²) in [6, 6.07) is 2.12. The van der Waals surface area contributed by atoms with E-state index in [-0.39, 0.29) is 44.7 Å². The second-order valence-corrected chi connectivity index (χ2v) is 9.25. The summed E-state index contributed by atoms with van der Waals surface area (Å²) in [6.07, 6.45) is 7.45. The monoisotopic (exact) mass is 542 g/mol. The molecule has 4 aliphatic heterocycles. The van der Waals surface area contributed by atoms with Crippen LogP contribution in [0.5, 0.6) is 0 Å². The van der Waals surface area contributed by atoms with E-state index in [2.05, 4.69) is 25.5 Å². The Kier molecular flexibility index (Phi) is 5.40. The molecule has 0 radical (unpaired) electrons. The van der Waals surface area contributed by atoms with Gasteiger partial charge in [0.15, 0.2) is 17.5 Å². The van der Waals surface area contributed by atoms with Crippen LogP contribution in [0.1, 0.15) is 27.6 Å². The van der Waals surface area contributed by atoms with Gasteiger partial charge < -0.3 is 10.0 Å². The van der Waals surface area contributed by atoms with Crippen LogP contribution < -0.4 is 0 Å². The Bertz CT molecular complexity index is 1610. The number of amidine groups is 1. The number of hydroxylamine groups is 2. The Labute approximate surface area is 221 Å². The van der Waals surface area contributed by atoms with Gasteiger partial charge in [-0.1, -0.05) is 11.6 Å². The van der Waals surface area contributed by atoms with Crippen LogP contribution in [0.3, 0.4) is 0 Å². The van der Waals surface area contributed by atoms with Crippen molar-refractivity contribution in [3.63, 3.8) is 0 Å². The number of carbonyl (C=O) groups is 1. The number of amides is 1. The van der Waals surface area contributed by atoms with Gasteiger partial charge in [0.05, 0.1) is 38.0 Å². The van der Waals surface area contributed by atoms with Crippen molar-refractivity contribution in [1.29, 1.82) is 0 Å². The van der Waals surface area contributed by atoms with Crippen molar-refractivity contribution in [1.82, 2.24) is 30.2 Å². The third-order valence-electron chi connectivity index (χ3n) is 6.79. The fourth-order valence-corrected chi connectivity index (χ4v) is 5.26. The van der Waals surface area contributed by atoms with Crippen LogP contribution >= 0.6 is 11.6 Å². The SMILES string of the molecule is [2H]C([2H])(O)C1=C(F)C(=C2C=NC([C@@H]3CC[C@@H]4CC(c5c(-n6cnnn6)ccc(Cl)c5F)=CC(=O)N43)=N2)C=CN1O. The van der Waals surface area contributed by atoms with Crippen molar-refractivity contribution in [2.24, 2.45) is 9.98 Å². The minimum atomic E-state index is -3.16. The fraction of sp³-hybridized carbons (Fsp3) is 0.250. The molecule has 11 nitrogen and oxygen atoms in total. The molecule has 6 rings (SSSR count). The van der Waals surface area contributed by atoms with Gasteiger partial charge in [-0.15, -0.1) is 5.10 Å². The highest BCUT2D eigenvalue weighted by Gasteiger charge is 2.43. The van der Waals surface area contributed by atoms with Gasteiger partial charge in [-0.2, -0.15) is 4.68 Å². The second-order valence-electron chi connectivity index (χ2n) is 8.84. The van der Waals surface area contributed by atoms with Crippen LogP contribution in [0.4, 0.5) is 8.78 Å². The normalized spacial score (nSPS) is 26.1. The number of aliphatic imine (C=N–C) groups is 2. The van der Waals surface area contributed by atoms with Crippen LogP contribution in [-0.2, 0) is 4.79 Å². The van der Waals surface area contributed by atoms with Crippen molar-refractivity contribution in [3.8, 4) is 5.69 Å². The largest absolute Gasteiger partial charge is 0.390 e. The molecule has 1 aromatic heterocycles. The Morgan fingerprint density at radius 2 is 2.11 bits per heavy atom. The number of nitrogens with zero attached hydrogens (tertiary/aromatic N) is 8. The summed E-state index contributed by atoms with van der Waals surface area (Å²) in [6.45, 7) is -3.16. The van der Waals surface area contributed by atoms with Gasteiger partial charge in [0.25, 0.3) is 0 Å². The van der Waals surface area contributed by atoms with E-state index in [9.17, 15) is 15.1 Å².